The highest BCUT2D eigenvalue weighted by molar-refractivity contribution is 6.03. The highest BCUT2D eigenvalue weighted by atomic mass is 19.4. The van der Waals surface area contributed by atoms with Crippen LogP contribution in [0.2, 0.25) is 0 Å². The molecule has 11 heteroatoms. The number of pyridine rings is 1. The van der Waals surface area contributed by atoms with Crippen LogP contribution in [0, 0.1) is 6.92 Å². The van der Waals surface area contributed by atoms with Crippen molar-refractivity contribution >= 4 is 22.5 Å². The van der Waals surface area contributed by atoms with Gasteiger partial charge in [-0.3, -0.25) is 14.6 Å². The molecule has 2 aromatic rings. The number of halogens is 3. The topological polar surface area (TPSA) is 78.1 Å². The summed E-state index contributed by atoms with van der Waals surface area (Å²) in [6.07, 6.45) is -3.30. The number of rotatable bonds is 4. The zero-order valence-corrected chi connectivity index (χ0v) is 19.8. The summed E-state index contributed by atoms with van der Waals surface area (Å²) in [4.78, 5) is 30.9. The molecule has 35 heavy (non-hydrogen) atoms. The number of nitrogens with one attached hydrogen (secondary N) is 1. The second-order valence-corrected chi connectivity index (χ2v) is 9.59. The number of hydrogen-bond donors (Lipinski definition) is 1. The molecule has 5 rings (SSSR count). The van der Waals surface area contributed by atoms with Crippen molar-refractivity contribution in [2.45, 2.75) is 51.1 Å². The molecule has 1 aromatic carbocycles. The Morgan fingerprint density at radius 2 is 1.97 bits per heavy atom. The van der Waals surface area contributed by atoms with Gasteiger partial charge in [-0.15, -0.1) is 0 Å². The molecule has 0 radical (unpaired) electrons. The van der Waals surface area contributed by atoms with Crippen molar-refractivity contribution in [2.24, 2.45) is 0 Å². The summed E-state index contributed by atoms with van der Waals surface area (Å²) in [6, 6.07) is 3.78. The van der Waals surface area contributed by atoms with Gasteiger partial charge >= 0.3 is 6.18 Å². The molecule has 4 heterocycles. The number of fused-ring (bicyclic) bond motifs is 3. The van der Waals surface area contributed by atoms with E-state index < -0.39 is 18.9 Å². The lowest BCUT2D eigenvalue weighted by Gasteiger charge is -2.33. The predicted octanol–water partition coefficient (Wildman–Crippen LogP) is 2.98. The van der Waals surface area contributed by atoms with Crippen molar-refractivity contribution in [3.8, 4) is 0 Å². The lowest BCUT2D eigenvalue weighted by Crippen LogP contribution is -2.43. The summed E-state index contributed by atoms with van der Waals surface area (Å²) >= 11 is 0. The standard InChI is InChI=1S/C24H29F3N4O4/c1-14-9-20-18(21-19(22(32)28-20)11-29(2)31(21)15-5-8-34-12-15)10-17(14)23(33)30-6-3-16(4-7-30)35-13-24(25,26)27/h9-10,15-16H,3-8,11-13H2,1-2H3,(H,28,32)/t15-/m0/s1. The number of benzene rings is 1. The fourth-order valence-corrected chi connectivity index (χ4v) is 5.37. The molecule has 0 aliphatic carbocycles. The van der Waals surface area contributed by atoms with Gasteiger partial charge in [0.1, 0.15) is 6.61 Å². The number of aromatic nitrogens is 1. The first kappa shape index (κ1) is 24.1. The SMILES string of the molecule is Cc1cc2[nH]c(=O)c3c(c2cc1C(=O)N1CCC(OCC(F)(F)F)CC1)N([C@H]1CCOC1)N(C)C3. The minimum Gasteiger partial charge on any atom is -0.379 e. The number of H-pyrrole nitrogens is 1. The third-order valence-corrected chi connectivity index (χ3v) is 7.11. The average molecular weight is 495 g/mol. The first-order valence-corrected chi connectivity index (χ1v) is 11.9. The van der Waals surface area contributed by atoms with E-state index in [2.05, 4.69) is 9.99 Å². The summed E-state index contributed by atoms with van der Waals surface area (Å²) in [5.41, 5.74) is 3.27. The molecule has 3 aliphatic heterocycles. The second kappa shape index (κ2) is 9.11. The van der Waals surface area contributed by atoms with E-state index in [1.54, 1.807) is 4.90 Å². The summed E-state index contributed by atoms with van der Waals surface area (Å²) < 4.78 is 47.9. The van der Waals surface area contributed by atoms with Crippen LogP contribution in [0.5, 0.6) is 0 Å². The molecular weight excluding hydrogens is 465 g/mol. The molecule has 2 saturated heterocycles. The van der Waals surface area contributed by atoms with Crippen molar-refractivity contribution in [3.05, 3.63) is 39.2 Å². The van der Waals surface area contributed by atoms with Crippen LogP contribution < -0.4 is 10.6 Å². The monoisotopic (exact) mass is 494 g/mol. The zero-order chi connectivity index (χ0) is 24.9. The van der Waals surface area contributed by atoms with Gasteiger partial charge < -0.3 is 19.4 Å². The molecule has 1 atom stereocenters. The first-order valence-electron chi connectivity index (χ1n) is 11.9. The third-order valence-electron chi connectivity index (χ3n) is 7.11. The molecule has 1 amide bonds. The number of hydrazine groups is 1. The number of hydrogen-bond acceptors (Lipinski definition) is 6. The average Bonchev–Trinajstić information content (AvgIpc) is 3.44. The molecule has 0 spiro atoms. The van der Waals surface area contributed by atoms with Crippen molar-refractivity contribution in [3.63, 3.8) is 0 Å². The van der Waals surface area contributed by atoms with Crippen molar-refractivity contribution in [1.82, 2.24) is 14.9 Å². The number of carbonyl (C=O) groups is 1. The largest absolute Gasteiger partial charge is 0.411 e. The smallest absolute Gasteiger partial charge is 0.379 e. The van der Waals surface area contributed by atoms with E-state index in [0.29, 0.717) is 62.3 Å². The van der Waals surface area contributed by atoms with Crippen molar-refractivity contribution in [1.29, 1.82) is 0 Å². The Bertz CT molecular complexity index is 1180. The van der Waals surface area contributed by atoms with Crippen LogP contribution >= 0.6 is 0 Å². The van der Waals surface area contributed by atoms with Gasteiger partial charge in [-0.05, 0) is 43.9 Å². The lowest BCUT2D eigenvalue weighted by atomic mass is 9.99. The molecule has 8 nitrogen and oxygen atoms in total. The van der Waals surface area contributed by atoms with Crippen LogP contribution in [0.3, 0.4) is 0 Å². The Morgan fingerprint density at radius 3 is 2.63 bits per heavy atom. The number of aromatic amines is 1. The zero-order valence-electron chi connectivity index (χ0n) is 19.8. The number of likely N-dealkylation sites (tertiary alicyclic amines) is 1. The third kappa shape index (κ3) is 4.64. The number of carbonyl (C=O) groups excluding carboxylic acids is 1. The van der Waals surface area contributed by atoms with Gasteiger partial charge in [-0.25, -0.2) is 5.01 Å². The molecule has 190 valence electrons. The van der Waals surface area contributed by atoms with E-state index in [9.17, 15) is 22.8 Å². The number of ether oxygens (including phenoxy) is 2. The van der Waals surface area contributed by atoms with E-state index in [1.807, 2.05) is 31.1 Å². The lowest BCUT2D eigenvalue weighted by molar-refractivity contribution is -0.188. The summed E-state index contributed by atoms with van der Waals surface area (Å²) in [7, 11) is 1.94. The highest BCUT2D eigenvalue weighted by Crippen LogP contribution is 2.38. The van der Waals surface area contributed by atoms with Gasteiger partial charge in [0, 0.05) is 37.7 Å². The molecule has 1 aromatic heterocycles. The van der Waals surface area contributed by atoms with Gasteiger partial charge in [0.05, 0.1) is 42.1 Å². The maximum Gasteiger partial charge on any atom is 0.411 e. The van der Waals surface area contributed by atoms with Crippen LogP contribution in [0.15, 0.2) is 16.9 Å². The Labute approximate surface area is 200 Å². The van der Waals surface area contributed by atoms with E-state index in [4.69, 9.17) is 9.47 Å². The molecule has 1 N–H and O–H groups in total. The van der Waals surface area contributed by atoms with Gasteiger partial charge in [0.2, 0.25) is 0 Å². The summed E-state index contributed by atoms with van der Waals surface area (Å²) in [6.45, 7) is 2.92. The Morgan fingerprint density at radius 1 is 1.23 bits per heavy atom. The Balaban J connectivity index is 1.43. The van der Waals surface area contributed by atoms with Gasteiger partial charge in [0.25, 0.3) is 11.5 Å². The molecule has 0 bridgehead atoms. The van der Waals surface area contributed by atoms with E-state index in [0.717, 1.165) is 23.1 Å². The van der Waals surface area contributed by atoms with Crippen molar-refractivity contribution < 1.29 is 27.4 Å². The molecule has 3 aliphatic rings. The van der Waals surface area contributed by atoms with Crippen LogP contribution in [-0.4, -0.2) is 79.1 Å². The predicted molar refractivity (Wildman–Crippen MR) is 123 cm³/mol. The minimum atomic E-state index is -4.36. The quantitative estimate of drug-likeness (QED) is 0.704. The normalized spacial score (nSPS) is 21.8. The van der Waals surface area contributed by atoms with E-state index in [1.165, 1.54) is 0 Å². The number of alkyl halides is 3. The number of anilines is 1. The van der Waals surface area contributed by atoms with E-state index in [-0.39, 0.29) is 17.5 Å². The number of nitrogens with zero attached hydrogens (tertiary/aromatic N) is 3. The fourth-order valence-electron chi connectivity index (χ4n) is 5.37. The second-order valence-electron chi connectivity index (χ2n) is 9.59. The van der Waals surface area contributed by atoms with Crippen molar-refractivity contribution in [2.75, 3.05) is 45.0 Å². The van der Waals surface area contributed by atoms with Crippen LogP contribution in [-0.2, 0) is 16.0 Å². The Hall–Kier alpha value is -2.63. The highest BCUT2D eigenvalue weighted by Gasteiger charge is 2.37. The minimum absolute atomic E-state index is 0.113. The van der Waals surface area contributed by atoms with Gasteiger partial charge in [-0.1, -0.05) is 0 Å². The maximum absolute atomic E-state index is 13.4. The van der Waals surface area contributed by atoms with Crippen LogP contribution in [0.4, 0.5) is 18.9 Å². The molecule has 0 unspecified atom stereocenters. The number of amides is 1. The molecule has 2 fully saturated rings. The molecule has 0 saturated carbocycles. The number of aryl methyl sites for hydroxylation is 1. The summed E-state index contributed by atoms with van der Waals surface area (Å²) in [5, 5.41) is 4.94. The number of piperidine rings is 1. The first-order chi connectivity index (χ1) is 16.6. The van der Waals surface area contributed by atoms with Gasteiger partial charge in [-0.2, -0.15) is 13.2 Å². The van der Waals surface area contributed by atoms with E-state index >= 15 is 0 Å². The Kier molecular flexibility index (Phi) is 6.27. The van der Waals surface area contributed by atoms with Crippen LogP contribution in [0.25, 0.3) is 10.9 Å². The molecular formula is C24H29F3N4O4. The van der Waals surface area contributed by atoms with Crippen LogP contribution in [0.1, 0.15) is 40.7 Å². The fraction of sp³-hybridized carbons (Fsp3) is 0.583. The summed E-state index contributed by atoms with van der Waals surface area (Å²) in [5.74, 6) is -0.166. The van der Waals surface area contributed by atoms with Gasteiger partial charge in [0.15, 0.2) is 0 Å². The maximum atomic E-state index is 13.4.